The van der Waals surface area contributed by atoms with E-state index >= 15 is 0 Å². The normalized spacial score (nSPS) is 42.0. The molecule has 11 heteroatoms. The number of aliphatic hydroxyl groups is 6. The summed E-state index contributed by atoms with van der Waals surface area (Å²) in [6.07, 6.45) is -9.42. The Morgan fingerprint density at radius 2 is 1.81 bits per heavy atom. The maximum Gasteiger partial charge on any atom is 0.333 e. The number of allylic oxidation sites excluding steroid dienone is 1. The summed E-state index contributed by atoms with van der Waals surface area (Å²) in [5.74, 6) is -0.801. The van der Waals surface area contributed by atoms with Crippen LogP contribution < -0.4 is 0 Å². The highest BCUT2D eigenvalue weighted by atomic mass is 16.7. The number of carbonyl (C=O) groups is 1. The molecule has 2 saturated heterocycles. The minimum atomic E-state index is -1.88. The van der Waals surface area contributed by atoms with E-state index in [9.17, 15) is 30.3 Å². The summed E-state index contributed by atoms with van der Waals surface area (Å²) >= 11 is 0. The van der Waals surface area contributed by atoms with Crippen molar-refractivity contribution >= 4 is 5.97 Å². The highest BCUT2D eigenvalue weighted by Crippen LogP contribution is 2.27. The topological polar surface area (TPSA) is 175 Å². The summed E-state index contributed by atoms with van der Waals surface area (Å²) in [6, 6.07) is 0. The summed E-state index contributed by atoms with van der Waals surface area (Å²) in [5.41, 5.74) is -1.23. The molecule has 2 fully saturated rings. The van der Waals surface area contributed by atoms with Gasteiger partial charge in [0.05, 0.1) is 19.8 Å². The molecule has 0 spiro atoms. The third-order valence-electron chi connectivity index (χ3n) is 4.31. The molecule has 156 valence electrons. The van der Waals surface area contributed by atoms with Gasteiger partial charge in [-0.3, -0.25) is 0 Å². The van der Waals surface area contributed by atoms with E-state index in [0.29, 0.717) is 5.57 Å². The second-order valence-electron chi connectivity index (χ2n) is 6.89. The highest BCUT2D eigenvalue weighted by Gasteiger charge is 2.50. The molecule has 2 rings (SSSR count). The largest absolute Gasteiger partial charge is 0.430 e. The van der Waals surface area contributed by atoms with Gasteiger partial charge in [0, 0.05) is 6.08 Å². The second-order valence-corrected chi connectivity index (χ2v) is 6.89. The molecular formula is C16H26O11. The van der Waals surface area contributed by atoms with Crippen molar-refractivity contribution in [1.82, 2.24) is 0 Å². The van der Waals surface area contributed by atoms with Gasteiger partial charge in [-0.2, -0.15) is 0 Å². The molecule has 0 bridgehead atoms. The van der Waals surface area contributed by atoms with Gasteiger partial charge < -0.3 is 49.6 Å². The Labute approximate surface area is 155 Å². The van der Waals surface area contributed by atoms with E-state index in [1.54, 1.807) is 13.8 Å². The summed E-state index contributed by atoms with van der Waals surface area (Å²) < 4.78 is 20.5. The first-order valence-electron chi connectivity index (χ1n) is 8.38. The molecule has 0 aliphatic carbocycles. The van der Waals surface area contributed by atoms with Crippen molar-refractivity contribution < 1.29 is 54.4 Å². The molecular weight excluding hydrogens is 368 g/mol. The molecule has 1 unspecified atom stereocenters. The van der Waals surface area contributed by atoms with Crippen LogP contribution in [0.15, 0.2) is 11.6 Å². The Hall–Kier alpha value is -1.15. The zero-order chi connectivity index (χ0) is 20.4. The molecule has 2 aliphatic rings. The number of aliphatic hydroxyl groups excluding tert-OH is 5. The smallest absolute Gasteiger partial charge is 0.333 e. The molecule has 8 atom stereocenters. The molecule has 11 nitrogen and oxygen atoms in total. The zero-order valence-corrected chi connectivity index (χ0v) is 15.0. The van der Waals surface area contributed by atoms with E-state index in [-0.39, 0.29) is 6.61 Å². The van der Waals surface area contributed by atoms with E-state index in [1.807, 2.05) is 0 Å². The van der Waals surface area contributed by atoms with Crippen LogP contribution in [0.2, 0.25) is 0 Å². The summed E-state index contributed by atoms with van der Waals surface area (Å²) in [7, 11) is 0. The summed E-state index contributed by atoms with van der Waals surface area (Å²) in [4.78, 5) is 11.7. The van der Waals surface area contributed by atoms with Crippen LogP contribution in [0, 0.1) is 0 Å². The van der Waals surface area contributed by atoms with Gasteiger partial charge in [0.2, 0.25) is 6.29 Å². The standard InChI is InChI=1S/C16H26O11/c1-7(2)3-9(18)27-14-12(21)11(20)10(19)8(26-14)4-24-15-13(22)16(23,5-17)6-25-15/h3,8,10-15,17,19-23H,4-6H2,1-2H3/t8-,10-,11+,12-,13-,14+,15-,16?/m1/s1. The molecule has 0 aromatic rings. The fourth-order valence-electron chi connectivity index (χ4n) is 2.66. The van der Waals surface area contributed by atoms with Crippen molar-refractivity contribution in [3.05, 3.63) is 11.6 Å². The highest BCUT2D eigenvalue weighted by molar-refractivity contribution is 5.82. The number of esters is 1. The lowest BCUT2D eigenvalue weighted by Crippen LogP contribution is -2.60. The molecule has 0 aromatic heterocycles. The van der Waals surface area contributed by atoms with E-state index < -0.39 is 67.9 Å². The first-order chi connectivity index (χ1) is 12.6. The van der Waals surface area contributed by atoms with E-state index in [0.717, 1.165) is 6.08 Å². The predicted molar refractivity (Wildman–Crippen MR) is 85.9 cm³/mol. The van der Waals surface area contributed by atoms with Crippen LogP contribution in [0.3, 0.4) is 0 Å². The Morgan fingerprint density at radius 3 is 2.37 bits per heavy atom. The van der Waals surface area contributed by atoms with E-state index in [1.165, 1.54) is 0 Å². The molecule has 27 heavy (non-hydrogen) atoms. The fourth-order valence-corrected chi connectivity index (χ4v) is 2.66. The number of hydrogen-bond donors (Lipinski definition) is 6. The first kappa shape index (κ1) is 22.1. The molecule has 2 heterocycles. The molecule has 0 saturated carbocycles. The Morgan fingerprint density at radius 1 is 1.15 bits per heavy atom. The fraction of sp³-hybridized carbons (Fsp3) is 0.812. The lowest BCUT2D eigenvalue weighted by Gasteiger charge is -2.39. The Balaban J connectivity index is 1.97. The molecule has 6 N–H and O–H groups in total. The lowest BCUT2D eigenvalue weighted by molar-refractivity contribution is -0.300. The molecule has 0 radical (unpaired) electrons. The van der Waals surface area contributed by atoms with Crippen molar-refractivity contribution in [2.24, 2.45) is 0 Å². The maximum absolute atomic E-state index is 11.7. The van der Waals surface area contributed by atoms with E-state index in [4.69, 9.17) is 24.1 Å². The molecule has 0 aromatic carbocycles. The minimum Gasteiger partial charge on any atom is -0.430 e. The van der Waals surface area contributed by atoms with Gasteiger partial charge in [0.25, 0.3) is 0 Å². The van der Waals surface area contributed by atoms with Gasteiger partial charge in [-0.1, -0.05) is 5.57 Å². The van der Waals surface area contributed by atoms with Gasteiger partial charge in [0.1, 0.15) is 36.1 Å². The first-order valence-corrected chi connectivity index (χ1v) is 8.38. The van der Waals surface area contributed by atoms with Crippen LogP contribution in [0.4, 0.5) is 0 Å². The van der Waals surface area contributed by atoms with Gasteiger partial charge >= 0.3 is 5.97 Å². The van der Waals surface area contributed by atoms with Crippen LogP contribution in [0.5, 0.6) is 0 Å². The van der Waals surface area contributed by atoms with Crippen molar-refractivity contribution in [3.63, 3.8) is 0 Å². The zero-order valence-electron chi connectivity index (χ0n) is 15.0. The predicted octanol–water partition coefficient (Wildman–Crippen LogP) is -3.24. The quantitative estimate of drug-likeness (QED) is 0.197. The Bertz CT molecular complexity index is 548. The molecule has 2 aliphatic heterocycles. The average Bonchev–Trinajstić information content (AvgIpc) is 2.89. The summed E-state index contributed by atoms with van der Waals surface area (Å²) in [5, 5.41) is 58.8. The molecule has 0 amide bonds. The monoisotopic (exact) mass is 394 g/mol. The maximum atomic E-state index is 11.7. The van der Waals surface area contributed by atoms with Crippen LogP contribution in [-0.2, 0) is 23.7 Å². The third kappa shape index (κ3) is 5.02. The Kier molecular flexibility index (Phi) is 7.30. The van der Waals surface area contributed by atoms with Crippen LogP contribution in [0.25, 0.3) is 0 Å². The van der Waals surface area contributed by atoms with Gasteiger partial charge in [0.15, 0.2) is 6.29 Å². The van der Waals surface area contributed by atoms with Crippen LogP contribution >= 0.6 is 0 Å². The minimum absolute atomic E-state index is 0.367. The van der Waals surface area contributed by atoms with Gasteiger partial charge in [-0.05, 0) is 13.8 Å². The number of rotatable bonds is 6. The van der Waals surface area contributed by atoms with Crippen molar-refractivity contribution in [3.8, 4) is 0 Å². The third-order valence-corrected chi connectivity index (χ3v) is 4.31. The average molecular weight is 394 g/mol. The lowest BCUT2D eigenvalue weighted by atomic mass is 9.99. The van der Waals surface area contributed by atoms with Crippen molar-refractivity contribution in [2.45, 2.75) is 62.5 Å². The van der Waals surface area contributed by atoms with Crippen molar-refractivity contribution in [2.75, 3.05) is 19.8 Å². The van der Waals surface area contributed by atoms with Gasteiger partial charge in [-0.15, -0.1) is 0 Å². The van der Waals surface area contributed by atoms with Crippen LogP contribution in [-0.4, -0.2) is 105 Å². The van der Waals surface area contributed by atoms with Gasteiger partial charge in [-0.25, -0.2) is 4.79 Å². The number of hydrogen-bond acceptors (Lipinski definition) is 11. The second kappa shape index (κ2) is 8.90. The number of ether oxygens (including phenoxy) is 4. The SMILES string of the molecule is CC(C)=CC(=O)O[C@@H]1O[C@H](CO[C@@H]2OCC(O)(CO)[C@@H]2O)[C@@H](O)[C@H](O)[C@H]1O. The summed E-state index contributed by atoms with van der Waals surface area (Å²) in [6.45, 7) is 1.78. The van der Waals surface area contributed by atoms with E-state index in [2.05, 4.69) is 0 Å². The van der Waals surface area contributed by atoms with Crippen molar-refractivity contribution in [1.29, 1.82) is 0 Å². The van der Waals surface area contributed by atoms with Crippen LogP contribution in [0.1, 0.15) is 13.8 Å². The number of carbonyl (C=O) groups excluding carboxylic acids is 1.